The number of rotatable bonds is 4. The summed E-state index contributed by atoms with van der Waals surface area (Å²) in [6.07, 6.45) is 4.08. The van der Waals surface area contributed by atoms with Crippen LogP contribution < -0.4 is 0 Å². The van der Waals surface area contributed by atoms with Crippen molar-refractivity contribution in [1.29, 1.82) is 0 Å². The molecule has 3 heteroatoms. The highest BCUT2D eigenvalue weighted by molar-refractivity contribution is 6.30. The molecule has 0 N–H and O–H groups in total. The van der Waals surface area contributed by atoms with E-state index in [1.54, 1.807) is 0 Å². The van der Waals surface area contributed by atoms with Crippen LogP contribution >= 0.6 is 11.6 Å². The van der Waals surface area contributed by atoms with Crippen molar-refractivity contribution < 1.29 is 0 Å². The summed E-state index contributed by atoms with van der Waals surface area (Å²) in [6.45, 7) is 2.01. The minimum absolute atomic E-state index is 0.718. The first-order valence-electron chi connectivity index (χ1n) is 8.90. The minimum Gasteiger partial charge on any atom is -0.292 e. The number of aromatic nitrogens is 2. The Hall–Kier alpha value is -3.10. The van der Waals surface area contributed by atoms with Crippen LogP contribution in [0, 0.1) is 0 Å². The average molecular weight is 371 g/mol. The molecular formula is C24H19ClN2. The molecule has 0 saturated carbocycles. The van der Waals surface area contributed by atoms with Crippen molar-refractivity contribution in [3.8, 4) is 28.3 Å². The Morgan fingerprint density at radius 1 is 0.778 bits per heavy atom. The van der Waals surface area contributed by atoms with Gasteiger partial charge in [-0.3, -0.25) is 4.57 Å². The molecular weight excluding hydrogens is 352 g/mol. The Balaban J connectivity index is 2.07. The second-order valence-corrected chi connectivity index (χ2v) is 6.65. The molecule has 0 aliphatic rings. The molecule has 1 heterocycles. The molecule has 1 aromatic heterocycles. The summed E-state index contributed by atoms with van der Waals surface area (Å²) in [6, 6.07) is 28.5. The van der Waals surface area contributed by atoms with Gasteiger partial charge < -0.3 is 0 Å². The molecule has 0 aliphatic carbocycles. The van der Waals surface area contributed by atoms with E-state index in [1.807, 2.05) is 61.5 Å². The highest BCUT2D eigenvalue weighted by Crippen LogP contribution is 2.34. The van der Waals surface area contributed by atoms with E-state index in [-0.39, 0.29) is 0 Å². The average Bonchev–Trinajstić information content (AvgIpc) is 3.09. The van der Waals surface area contributed by atoms with E-state index in [0.29, 0.717) is 0 Å². The fourth-order valence-corrected chi connectivity index (χ4v) is 3.33. The monoisotopic (exact) mass is 370 g/mol. The molecule has 132 valence electrons. The van der Waals surface area contributed by atoms with E-state index >= 15 is 0 Å². The van der Waals surface area contributed by atoms with Crippen molar-refractivity contribution in [3.63, 3.8) is 0 Å². The van der Waals surface area contributed by atoms with E-state index < -0.39 is 0 Å². The fourth-order valence-electron chi connectivity index (χ4n) is 3.21. The van der Waals surface area contributed by atoms with E-state index in [4.69, 9.17) is 16.6 Å². The lowest BCUT2D eigenvalue weighted by Crippen LogP contribution is -2.00. The summed E-state index contributed by atoms with van der Waals surface area (Å²) in [5, 5.41) is 0.718. The van der Waals surface area contributed by atoms with Crippen LogP contribution in [0.15, 0.2) is 91.0 Å². The first-order chi connectivity index (χ1) is 13.3. The van der Waals surface area contributed by atoms with Crippen LogP contribution in [0.5, 0.6) is 0 Å². The molecule has 4 rings (SSSR count). The maximum Gasteiger partial charge on any atom is 0.145 e. The van der Waals surface area contributed by atoms with Gasteiger partial charge in [-0.1, -0.05) is 78.3 Å². The van der Waals surface area contributed by atoms with Crippen molar-refractivity contribution in [2.75, 3.05) is 0 Å². The molecule has 0 bridgehead atoms. The second-order valence-electron chi connectivity index (χ2n) is 6.21. The quantitative estimate of drug-likeness (QED) is 0.382. The van der Waals surface area contributed by atoms with E-state index in [2.05, 4.69) is 47.0 Å². The number of hydrogen-bond donors (Lipinski definition) is 0. The van der Waals surface area contributed by atoms with Gasteiger partial charge in [-0.15, -0.1) is 0 Å². The zero-order chi connectivity index (χ0) is 18.6. The number of nitrogens with zero attached hydrogens (tertiary/aromatic N) is 2. The highest BCUT2D eigenvalue weighted by Gasteiger charge is 2.19. The first-order valence-corrected chi connectivity index (χ1v) is 9.28. The van der Waals surface area contributed by atoms with Crippen molar-refractivity contribution in [3.05, 3.63) is 102 Å². The summed E-state index contributed by atoms with van der Waals surface area (Å²) in [4.78, 5) is 4.99. The second kappa shape index (κ2) is 7.65. The Morgan fingerprint density at radius 2 is 1.37 bits per heavy atom. The summed E-state index contributed by atoms with van der Waals surface area (Å²) in [5.41, 5.74) is 5.23. The van der Waals surface area contributed by atoms with Crippen LogP contribution in [-0.4, -0.2) is 9.55 Å². The van der Waals surface area contributed by atoms with Gasteiger partial charge in [0.15, 0.2) is 0 Å². The van der Waals surface area contributed by atoms with Crippen LogP contribution in [-0.2, 0) is 0 Å². The number of allylic oxidation sites excluding steroid dienone is 1. The van der Waals surface area contributed by atoms with Crippen LogP contribution in [0.1, 0.15) is 12.6 Å². The molecule has 0 unspecified atom stereocenters. The molecule has 0 amide bonds. The van der Waals surface area contributed by atoms with Gasteiger partial charge in [-0.05, 0) is 37.3 Å². The smallest absolute Gasteiger partial charge is 0.145 e. The maximum absolute atomic E-state index is 6.13. The molecule has 0 fully saturated rings. The van der Waals surface area contributed by atoms with E-state index in [9.17, 15) is 0 Å². The number of benzene rings is 3. The predicted octanol–water partition coefficient (Wildman–Crippen LogP) is 6.89. The van der Waals surface area contributed by atoms with Gasteiger partial charge in [0, 0.05) is 21.8 Å². The maximum atomic E-state index is 6.13. The predicted molar refractivity (Wildman–Crippen MR) is 114 cm³/mol. The summed E-state index contributed by atoms with van der Waals surface area (Å²) in [7, 11) is 0. The van der Waals surface area contributed by atoms with Crippen molar-refractivity contribution >= 4 is 17.7 Å². The highest BCUT2D eigenvalue weighted by atomic mass is 35.5. The minimum atomic E-state index is 0.718. The summed E-state index contributed by atoms with van der Waals surface area (Å²) in [5.74, 6) is 0.907. The van der Waals surface area contributed by atoms with Gasteiger partial charge in [0.1, 0.15) is 5.82 Å². The van der Waals surface area contributed by atoms with Crippen LogP contribution in [0.2, 0.25) is 5.02 Å². The van der Waals surface area contributed by atoms with Gasteiger partial charge >= 0.3 is 0 Å². The van der Waals surface area contributed by atoms with Gasteiger partial charge in [0.05, 0.1) is 11.4 Å². The number of imidazole rings is 1. The number of halogens is 1. The SMILES string of the molecule is C/C=C/c1nc(-c2ccccc2)n(-c2ccc(Cl)cc2)c1-c1ccccc1. The molecule has 0 radical (unpaired) electrons. The normalized spacial score (nSPS) is 11.2. The van der Waals surface area contributed by atoms with E-state index in [1.165, 1.54) is 0 Å². The third kappa shape index (κ3) is 3.44. The Morgan fingerprint density at radius 3 is 1.96 bits per heavy atom. The lowest BCUT2D eigenvalue weighted by molar-refractivity contribution is 1.07. The van der Waals surface area contributed by atoms with Gasteiger partial charge in [-0.2, -0.15) is 0 Å². The summed E-state index contributed by atoms with van der Waals surface area (Å²) < 4.78 is 2.20. The third-order valence-electron chi connectivity index (χ3n) is 4.39. The van der Waals surface area contributed by atoms with Crippen LogP contribution in [0.3, 0.4) is 0 Å². The standard InChI is InChI=1S/C24H19ClN2/c1-2-9-22-23(18-10-5-3-6-11-18)27(21-16-14-20(25)15-17-21)24(26-22)19-12-7-4-8-13-19/h2-17H,1H3/b9-2+. The lowest BCUT2D eigenvalue weighted by Gasteiger charge is -2.13. The van der Waals surface area contributed by atoms with Crippen molar-refractivity contribution in [2.45, 2.75) is 6.92 Å². The Bertz CT molecular complexity index is 1060. The molecule has 0 aliphatic heterocycles. The van der Waals surface area contributed by atoms with E-state index in [0.717, 1.165) is 39.0 Å². The largest absolute Gasteiger partial charge is 0.292 e. The lowest BCUT2D eigenvalue weighted by atomic mass is 10.1. The Labute approximate surface area is 164 Å². The fraction of sp³-hybridized carbons (Fsp3) is 0.0417. The molecule has 27 heavy (non-hydrogen) atoms. The molecule has 0 atom stereocenters. The zero-order valence-corrected chi connectivity index (χ0v) is 15.8. The molecule has 0 spiro atoms. The molecule has 0 saturated heterocycles. The topological polar surface area (TPSA) is 17.8 Å². The molecule has 2 nitrogen and oxygen atoms in total. The van der Waals surface area contributed by atoms with Crippen molar-refractivity contribution in [2.24, 2.45) is 0 Å². The summed E-state index contributed by atoms with van der Waals surface area (Å²) >= 11 is 6.13. The Kier molecular flexibility index (Phi) is 4.91. The van der Waals surface area contributed by atoms with Gasteiger partial charge in [0.25, 0.3) is 0 Å². The first kappa shape index (κ1) is 17.3. The third-order valence-corrected chi connectivity index (χ3v) is 4.64. The molecule has 3 aromatic carbocycles. The van der Waals surface area contributed by atoms with Crippen molar-refractivity contribution in [1.82, 2.24) is 9.55 Å². The van der Waals surface area contributed by atoms with Crippen LogP contribution in [0.25, 0.3) is 34.4 Å². The van der Waals surface area contributed by atoms with Gasteiger partial charge in [0.2, 0.25) is 0 Å². The zero-order valence-electron chi connectivity index (χ0n) is 15.0. The van der Waals surface area contributed by atoms with Gasteiger partial charge in [-0.25, -0.2) is 4.98 Å². The number of hydrogen-bond acceptors (Lipinski definition) is 1. The van der Waals surface area contributed by atoms with Crippen LogP contribution in [0.4, 0.5) is 0 Å². The molecule has 4 aromatic rings.